The summed E-state index contributed by atoms with van der Waals surface area (Å²) in [5.74, 6) is 2.11. The maximum Gasteiger partial charge on any atom is 0.287 e. The van der Waals surface area contributed by atoms with Gasteiger partial charge in [-0.3, -0.25) is 9.78 Å². The number of furan rings is 1. The third kappa shape index (κ3) is 6.53. The van der Waals surface area contributed by atoms with E-state index in [0.717, 1.165) is 30.2 Å². The van der Waals surface area contributed by atoms with Crippen molar-refractivity contribution in [2.45, 2.75) is 37.9 Å². The number of hydrogen-bond donors (Lipinski definition) is 1. The molecule has 0 aliphatic carbocycles. The lowest BCUT2D eigenvalue weighted by molar-refractivity contribution is 0.0921. The van der Waals surface area contributed by atoms with Crippen molar-refractivity contribution in [3.63, 3.8) is 0 Å². The van der Waals surface area contributed by atoms with E-state index in [-0.39, 0.29) is 11.7 Å². The average Bonchev–Trinajstić information content (AvgIpc) is 3.27. The molecule has 0 spiro atoms. The minimum Gasteiger partial charge on any atom is -0.455 e. The van der Waals surface area contributed by atoms with Crippen molar-refractivity contribution in [3.8, 4) is 0 Å². The number of carbonyl (C=O) groups excluding carboxylic acids is 1. The van der Waals surface area contributed by atoms with Gasteiger partial charge in [0.1, 0.15) is 11.6 Å². The predicted molar refractivity (Wildman–Crippen MR) is 120 cm³/mol. The molecule has 0 aliphatic rings. The molecule has 3 heterocycles. The topological polar surface area (TPSA) is 93.4 Å². The van der Waals surface area contributed by atoms with E-state index in [1.807, 2.05) is 18.2 Å². The molecule has 1 amide bonds. The lowest BCUT2D eigenvalue weighted by Crippen LogP contribution is -2.23. The van der Waals surface area contributed by atoms with Crippen molar-refractivity contribution in [1.82, 2.24) is 20.3 Å². The van der Waals surface area contributed by atoms with E-state index in [1.165, 1.54) is 11.8 Å². The van der Waals surface area contributed by atoms with Crippen LogP contribution in [0.3, 0.4) is 0 Å². The number of nitrogens with zero attached hydrogens (tertiary/aromatic N) is 4. The highest BCUT2D eigenvalue weighted by atomic mass is 32.2. The number of amides is 1. The molecule has 3 aromatic heterocycles. The van der Waals surface area contributed by atoms with Crippen LogP contribution in [0.25, 0.3) is 0 Å². The molecule has 31 heavy (non-hydrogen) atoms. The van der Waals surface area contributed by atoms with E-state index < -0.39 is 0 Å². The summed E-state index contributed by atoms with van der Waals surface area (Å²) in [4.78, 5) is 27.7. The number of carbonyl (C=O) groups is 1. The van der Waals surface area contributed by atoms with Crippen LogP contribution in [-0.2, 0) is 23.6 Å². The van der Waals surface area contributed by atoms with Gasteiger partial charge in [0.15, 0.2) is 10.9 Å². The van der Waals surface area contributed by atoms with Crippen LogP contribution in [0.5, 0.6) is 0 Å². The van der Waals surface area contributed by atoms with Gasteiger partial charge >= 0.3 is 0 Å². The molecule has 0 atom stereocenters. The van der Waals surface area contributed by atoms with Crippen molar-refractivity contribution in [2.24, 2.45) is 0 Å². The Bertz CT molecular complexity index is 976. The summed E-state index contributed by atoms with van der Waals surface area (Å²) in [5, 5.41) is 3.49. The van der Waals surface area contributed by atoms with Crippen molar-refractivity contribution < 1.29 is 13.9 Å². The Hall–Kier alpha value is -2.91. The number of methoxy groups -OCH3 is 1. The standard InChI is InChI=1S/C22H27N5O3S/c1-4-27(5-2)20-12-17(14-29-3)25-22(26-20)31-15-18-6-7-19(30-18)21(28)24-13-16-8-10-23-11-9-16/h6-12H,4-5,13-15H2,1-3H3,(H,24,28). The van der Waals surface area contributed by atoms with Crippen LogP contribution in [0.4, 0.5) is 5.82 Å². The number of pyridine rings is 1. The summed E-state index contributed by atoms with van der Waals surface area (Å²) < 4.78 is 11.0. The highest BCUT2D eigenvalue weighted by Gasteiger charge is 2.13. The van der Waals surface area contributed by atoms with Gasteiger partial charge in [-0.1, -0.05) is 11.8 Å². The number of thioether (sulfide) groups is 1. The number of aromatic nitrogens is 3. The molecule has 3 rings (SSSR count). The monoisotopic (exact) mass is 441 g/mol. The number of nitrogens with one attached hydrogen (secondary N) is 1. The van der Waals surface area contributed by atoms with Crippen LogP contribution in [-0.4, -0.2) is 41.1 Å². The Balaban J connectivity index is 1.62. The van der Waals surface area contributed by atoms with Crippen LogP contribution in [0, 0.1) is 0 Å². The number of anilines is 1. The molecule has 0 aromatic carbocycles. The van der Waals surface area contributed by atoms with Gasteiger partial charge in [0, 0.05) is 45.2 Å². The molecule has 0 unspecified atom stereocenters. The Labute approximate surface area is 186 Å². The molecule has 0 aliphatic heterocycles. The van der Waals surface area contributed by atoms with Gasteiger partial charge in [-0.2, -0.15) is 0 Å². The Morgan fingerprint density at radius 2 is 1.94 bits per heavy atom. The largest absolute Gasteiger partial charge is 0.455 e. The predicted octanol–water partition coefficient (Wildman–Crippen LogP) is 3.68. The summed E-state index contributed by atoms with van der Waals surface area (Å²) in [7, 11) is 1.65. The second-order valence-electron chi connectivity index (χ2n) is 6.70. The highest BCUT2D eigenvalue weighted by molar-refractivity contribution is 7.98. The minimum atomic E-state index is -0.254. The molecule has 9 heteroatoms. The van der Waals surface area contributed by atoms with Crippen molar-refractivity contribution >= 4 is 23.5 Å². The fraction of sp³-hybridized carbons (Fsp3) is 0.364. The Morgan fingerprint density at radius 1 is 1.16 bits per heavy atom. The second-order valence-corrected chi connectivity index (χ2v) is 7.64. The third-order valence-electron chi connectivity index (χ3n) is 4.56. The Kier molecular flexibility index (Phi) is 8.43. The molecular weight excluding hydrogens is 414 g/mol. The van der Waals surface area contributed by atoms with Gasteiger partial charge in [-0.25, -0.2) is 9.97 Å². The van der Waals surface area contributed by atoms with Crippen LogP contribution >= 0.6 is 11.8 Å². The van der Waals surface area contributed by atoms with E-state index in [0.29, 0.717) is 29.8 Å². The first-order valence-electron chi connectivity index (χ1n) is 10.1. The first-order chi connectivity index (χ1) is 15.1. The zero-order valence-corrected chi connectivity index (χ0v) is 18.8. The smallest absolute Gasteiger partial charge is 0.287 e. The lowest BCUT2D eigenvalue weighted by atomic mass is 10.2. The fourth-order valence-electron chi connectivity index (χ4n) is 2.94. The van der Waals surface area contributed by atoms with E-state index in [2.05, 4.69) is 39.0 Å². The van der Waals surface area contributed by atoms with Crippen LogP contribution < -0.4 is 10.2 Å². The van der Waals surface area contributed by atoms with E-state index >= 15 is 0 Å². The van der Waals surface area contributed by atoms with Crippen molar-refractivity contribution in [3.05, 3.63) is 65.5 Å². The zero-order chi connectivity index (χ0) is 22.1. The normalized spacial score (nSPS) is 10.8. The van der Waals surface area contributed by atoms with Crippen molar-refractivity contribution in [1.29, 1.82) is 0 Å². The third-order valence-corrected chi connectivity index (χ3v) is 5.43. The van der Waals surface area contributed by atoms with Crippen LogP contribution in [0.15, 0.2) is 52.3 Å². The van der Waals surface area contributed by atoms with Crippen LogP contribution in [0.2, 0.25) is 0 Å². The van der Waals surface area contributed by atoms with Gasteiger partial charge in [0.05, 0.1) is 18.1 Å². The molecule has 0 bridgehead atoms. The molecule has 8 nitrogen and oxygen atoms in total. The van der Waals surface area contributed by atoms with Gasteiger partial charge in [0.2, 0.25) is 0 Å². The number of ether oxygens (including phenoxy) is 1. The van der Waals surface area contributed by atoms with Gasteiger partial charge in [0.25, 0.3) is 5.91 Å². The van der Waals surface area contributed by atoms with Gasteiger partial charge in [-0.15, -0.1) is 0 Å². The maximum atomic E-state index is 12.3. The SMILES string of the molecule is CCN(CC)c1cc(COC)nc(SCc2ccc(C(=O)NCc3ccncc3)o2)n1. The maximum absolute atomic E-state index is 12.3. The van der Waals surface area contributed by atoms with E-state index in [4.69, 9.17) is 9.15 Å². The second kappa shape index (κ2) is 11.5. The summed E-state index contributed by atoms with van der Waals surface area (Å²) >= 11 is 1.46. The summed E-state index contributed by atoms with van der Waals surface area (Å²) in [6, 6.07) is 9.15. The minimum absolute atomic E-state index is 0.254. The van der Waals surface area contributed by atoms with E-state index in [1.54, 1.807) is 31.6 Å². The van der Waals surface area contributed by atoms with Crippen molar-refractivity contribution in [2.75, 3.05) is 25.1 Å². The zero-order valence-electron chi connectivity index (χ0n) is 18.0. The van der Waals surface area contributed by atoms with E-state index in [9.17, 15) is 4.79 Å². The highest BCUT2D eigenvalue weighted by Crippen LogP contribution is 2.24. The quantitative estimate of drug-likeness (QED) is 0.356. The number of rotatable bonds is 11. The lowest BCUT2D eigenvalue weighted by Gasteiger charge is -2.20. The summed E-state index contributed by atoms with van der Waals surface area (Å²) in [5.41, 5.74) is 1.81. The molecule has 1 N–H and O–H groups in total. The summed E-state index contributed by atoms with van der Waals surface area (Å²) in [6.45, 7) is 6.75. The van der Waals surface area contributed by atoms with Gasteiger partial charge < -0.3 is 19.4 Å². The summed E-state index contributed by atoms with van der Waals surface area (Å²) in [6.07, 6.45) is 3.39. The molecule has 3 aromatic rings. The molecule has 164 valence electrons. The molecule has 0 fully saturated rings. The van der Waals surface area contributed by atoms with Crippen LogP contribution in [0.1, 0.15) is 41.4 Å². The van der Waals surface area contributed by atoms with Gasteiger partial charge in [-0.05, 0) is 43.7 Å². The molecule has 0 saturated heterocycles. The molecular formula is C22H27N5O3S. The first kappa shape index (κ1) is 22.8. The average molecular weight is 442 g/mol. The molecule has 0 saturated carbocycles. The fourth-order valence-corrected chi connectivity index (χ4v) is 3.71. The Morgan fingerprint density at radius 3 is 2.65 bits per heavy atom. The molecule has 0 radical (unpaired) electrons. The first-order valence-corrected chi connectivity index (χ1v) is 11.1. The number of hydrogen-bond acceptors (Lipinski definition) is 8.